The van der Waals surface area contributed by atoms with Gasteiger partial charge >= 0.3 is 5.97 Å². The van der Waals surface area contributed by atoms with Crippen molar-refractivity contribution in [1.29, 1.82) is 0 Å². The topological polar surface area (TPSA) is 85.4 Å². The Morgan fingerprint density at radius 3 is 2.75 bits per heavy atom. The van der Waals surface area contributed by atoms with Crippen LogP contribution in [0.15, 0.2) is 12.1 Å². The van der Waals surface area contributed by atoms with Crippen LogP contribution < -0.4 is 10.5 Å². The van der Waals surface area contributed by atoms with E-state index in [0.29, 0.717) is 5.69 Å². The first-order valence-electron chi connectivity index (χ1n) is 5.33. The Hall–Kier alpha value is -1.78. The number of rotatable bonds is 3. The number of carbonyl (C=O) groups is 1. The molecule has 1 saturated carbocycles. The van der Waals surface area contributed by atoms with Crippen LogP contribution in [0.3, 0.4) is 0 Å². The van der Waals surface area contributed by atoms with Crippen LogP contribution in [0.2, 0.25) is 0 Å². The maximum absolute atomic E-state index is 10.7. The molecule has 2 rings (SSSR count). The minimum absolute atomic E-state index is 0.0396. The molecule has 1 aromatic heterocycles. The van der Waals surface area contributed by atoms with E-state index in [-0.39, 0.29) is 17.7 Å². The highest BCUT2D eigenvalue weighted by Crippen LogP contribution is 2.26. The second-order valence-corrected chi connectivity index (χ2v) is 3.92. The molecule has 0 unspecified atom stereocenters. The largest absolute Gasteiger partial charge is 0.477 e. The highest BCUT2D eigenvalue weighted by atomic mass is 16.5. The third kappa shape index (κ3) is 2.24. The summed E-state index contributed by atoms with van der Waals surface area (Å²) in [5, 5.41) is 8.80. The first-order valence-corrected chi connectivity index (χ1v) is 5.33. The number of nitrogens with two attached hydrogens (primary N) is 1. The van der Waals surface area contributed by atoms with Crippen LogP contribution in [-0.2, 0) is 0 Å². The number of anilines is 1. The quantitative estimate of drug-likeness (QED) is 0.812. The molecule has 16 heavy (non-hydrogen) atoms. The molecule has 0 radical (unpaired) electrons. The van der Waals surface area contributed by atoms with Crippen LogP contribution >= 0.6 is 0 Å². The molecule has 3 N–H and O–H groups in total. The molecule has 5 heteroatoms. The van der Waals surface area contributed by atoms with Crippen LogP contribution in [0.1, 0.15) is 36.2 Å². The van der Waals surface area contributed by atoms with E-state index >= 15 is 0 Å². The molecule has 0 spiro atoms. The second kappa shape index (κ2) is 4.38. The zero-order valence-electron chi connectivity index (χ0n) is 8.85. The van der Waals surface area contributed by atoms with Crippen LogP contribution in [-0.4, -0.2) is 22.2 Å². The van der Waals surface area contributed by atoms with Gasteiger partial charge in [-0.15, -0.1) is 0 Å². The van der Waals surface area contributed by atoms with Gasteiger partial charge in [0.15, 0.2) is 5.69 Å². The first-order chi connectivity index (χ1) is 7.66. The van der Waals surface area contributed by atoms with E-state index in [1.54, 1.807) is 0 Å². The van der Waals surface area contributed by atoms with Gasteiger partial charge in [0.2, 0.25) is 5.88 Å². The number of aromatic nitrogens is 1. The second-order valence-electron chi connectivity index (χ2n) is 3.92. The van der Waals surface area contributed by atoms with Crippen molar-refractivity contribution < 1.29 is 14.6 Å². The van der Waals surface area contributed by atoms with Crippen LogP contribution in [0.5, 0.6) is 5.88 Å². The highest BCUT2D eigenvalue weighted by molar-refractivity contribution is 5.86. The minimum atomic E-state index is -1.07. The predicted octanol–water partition coefficient (Wildman–Crippen LogP) is 1.68. The van der Waals surface area contributed by atoms with Gasteiger partial charge in [0.05, 0.1) is 5.69 Å². The van der Waals surface area contributed by atoms with Gasteiger partial charge in [0, 0.05) is 0 Å². The number of hydrogen-bond acceptors (Lipinski definition) is 4. The van der Waals surface area contributed by atoms with E-state index in [9.17, 15) is 4.79 Å². The van der Waals surface area contributed by atoms with E-state index < -0.39 is 5.97 Å². The Bertz CT molecular complexity index is 400. The number of hydrogen-bond donors (Lipinski definition) is 2. The van der Waals surface area contributed by atoms with Crippen molar-refractivity contribution in [3.8, 4) is 5.88 Å². The molecule has 1 heterocycles. The van der Waals surface area contributed by atoms with Gasteiger partial charge in [-0.25, -0.2) is 9.78 Å². The number of aromatic carboxylic acids is 1. The monoisotopic (exact) mass is 222 g/mol. The third-order valence-electron chi connectivity index (χ3n) is 2.69. The van der Waals surface area contributed by atoms with E-state index in [2.05, 4.69) is 4.98 Å². The SMILES string of the molecule is Nc1ccc(C(=O)O)nc1OC1CCCC1. The number of carboxylic acids is 1. The van der Waals surface area contributed by atoms with Crippen molar-refractivity contribution in [2.75, 3.05) is 5.73 Å². The van der Waals surface area contributed by atoms with E-state index in [4.69, 9.17) is 15.6 Å². The van der Waals surface area contributed by atoms with Gasteiger partial charge in [-0.3, -0.25) is 0 Å². The molecule has 86 valence electrons. The summed E-state index contributed by atoms with van der Waals surface area (Å²) in [6.07, 6.45) is 4.38. The summed E-state index contributed by atoms with van der Waals surface area (Å²) in [4.78, 5) is 14.6. The zero-order valence-corrected chi connectivity index (χ0v) is 8.85. The molecule has 0 saturated heterocycles. The number of pyridine rings is 1. The highest BCUT2D eigenvalue weighted by Gasteiger charge is 2.19. The Labute approximate surface area is 93.2 Å². The molecular weight excluding hydrogens is 208 g/mol. The summed E-state index contributed by atoms with van der Waals surface area (Å²) in [7, 11) is 0. The lowest BCUT2D eigenvalue weighted by Gasteiger charge is -2.13. The molecule has 1 aliphatic carbocycles. The average molecular weight is 222 g/mol. The van der Waals surface area contributed by atoms with Crippen LogP contribution in [0, 0.1) is 0 Å². The number of ether oxygens (including phenoxy) is 1. The summed E-state index contributed by atoms with van der Waals surface area (Å²) < 4.78 is 5.60. The lowest BCUT2D eigenvalue weighted by atomic mass is 10.3. The first kappa shape index (κ1) is 10.7. The fourth-order valence-electron chi connectivity index (χ4n) is 1.83. The predicted molar refractivity (Wildman–Crippen MR) is 58.5 cm³/mol. The molecule has 0 atom stereocenters. The van der Waals surface area contributed by atoms with Gasteiger partial charge in [-0.2, -0.15) is 0 Å². The Kier molecular flexibility index (Phi) is 2.94. The van der Waals surface area contributed by atoms with Gasteiger partial charge in [0.25, 0.3) is 0 Å². The zero-order chi connectivity index (χ0) is 11.5. The van der Waals surface area contributed by atoms with Crippen LogP contribution in [0.4, 0.5) is 5.69 Å². The molecule has 0 aliphatic heterocycles. The molecule has 1 aromatic rings. The number of nitrogen functional groups attached to an aromatic ring is 1. The summed E-state index contributed by atoms with van der Waals surface area (Å²) in [6, 6.07) is 2.89. The fourth-order valence-corrected chi connectivity index (χ4v) is 1.83. The van der Waals surface area contributed by atoms with E-state index in [0.717, 1.165) is 25.7 Å². The van der Waals surface area contributed by atoms with Crippen molar-refractivity contribution in [3.63, 3.8) is 0 Å². The van der Waals surface area contributed by atoms with E-state index in [1.807, 2.05) is 0 Å². The van der Waals surface area contributed by atoms with Crippen molar-refractivity contribution in [2.45, 2.75) is 31.8 Å². The molecule has 1 aliphatic rings. The normalized spacial score (nSPS) is 16.2. The molecule has 0 bridgehead atoms. The summed E-state index contributed by atoms with van der Waals surface area (Å²) in [5.41, 5.74) is 6.03. The molecule has 1 fully saturated rings. The molecule has 0 aromatic carbocycles. The third-order valence-corrected chi connectivity index (χ3v) is 2.69. The van der Waals surface area contributed by atoms with Crippen molar-refractivity contribution in [2.24, 2.45) is 0 Å². The Balaban J connectivity index is 2.17. The summed E-state index contributed by atoms with van der Waals surface area (Å²) in [6.45, 7) is 0. The minimum Gasteiger partial charge on any atom is -0.477 e. The summed E-state index contributed by atoms with van der Waals surface area (Å²) >= 11 is 0. The number of nitrogens with zero attached hydrogens (tertiary/aromatic N) is 1. The average Bonchev–Trinajstić information content (AvgIpc) is 2.73. The molecule has 5 nitrogen and oxygen atoms in total. The van der Waals surface area contributed by atoms with Gasteiger partial charge < -0.3 is 15.6 Å². The molecular formula is C11H14N2O3. The lowest BCUT2D eigenvalue weighted by molar-refractivity contribution is 0.0688. The molecule has 0 amide bonds. The standard InChI is InChI=1S/C11H14N2O3/c12-8-5-6-9(11(14)15)13-10(8)16-7-3-1-2-4-7/h5-7H,1-4,12H2,(H,14,15). The van der Waals surface area contributed by atoms with Gasteiger partial charge in [0.1, 0.15) is 6.10 Å². The van der Waals surface area contributed by atoms with Gasteiger partial charge in [-0.05, 0) is 37.8 Å². The summed E-state index contributed by atoms with van der Waals surface area (Å²) in [5.74, 6) is -0.830. The maximum Gasteiger partial charge on any atom is 0.354 e. The smallest absolute Gasteiger partial charge is 0.354 e. The van der Waals surface area contributed by atoms with Crippen LogP contribution in [0.25, 0.3) is 0 Å². The van der Waals surface area contributed by atoms with Gasteiger partial charge in [-0.1, -0.05) is 0 Å². The Morgan fingerprint density at radius 2 is 2.12 bits per heavy atom. The number of carboxylic acid groups (broad SMARTS) is 1. The van der Waals surface area contributed by atoms with Crippen molar-refractivity contribution >= 4 is 11.7 Å². The van der Waals surface area contributed by atoms with Crippen molar-refractivity contribution in [1.82, 2.24) is 4.98 Å². The fraction of sp³-hybridized carbons (Fsp3) is 0.455. The van der Waals surface area contributed by atoms with E-state index in [1.165, 1.54) is 12.1 Å². The van der Waals surface area contributed by atoms with Crippen molar-refractivity contribution in [3.05, 3.63) is 17.8 Å². The lowest BCUT2D eigenvalue weighted by Crippen LogP contribution is -2.14. The maximum atomic E-state index is 10.7. The Morgan fingerprint density at radius 1 is 1.44 bits per heavy atom.